The Kier molecular flexibility index (Phi) is 1.83. The second-order valence-electron chi connectivity index (χ2n) is 5.47. The molecule has 0 aromatic heterocycles. The quantitative estimate of drug-likeness (QED) is 0.594. The Hall–Kier alpha value is -0.0400. The van der Waals surface area contributed by atoms with E-state index in [9.17, 15) is 4.79 Å². The molecule has 2 bridgehead atoms. The highest BCUT2D eigenvalue weighted by Gasteiger charge is 2.62. The zero-order valence-electron chi connectivity index (χ0n) is 8.56. The van der Waals surface area contributed by atoms with Gasteiger partial charge in [0.05, 0.1) is 0 Å². The molecule has 2 heteroatoms. The number of hydrogen-bond acceptors (Lipinski definition) is 1. The number of carbonyl (C=O) groups excluding carboxylic acids is 1. The van der Waals surface area contributed by atoms with Crippen LogP contribution in [0.25, 0.3) is 0 Å². The zero-order valence-corrected chi connectivity index (χ0v) is 9.32. The van der Waals surface area contributed by atoms with Gasteiger partial charge in [0.15, 0.2) is 0 Å². The lowest BCUT2D eigenvalue weighted by Gasteiger charge is -2.37. The summed E-state index contributed by atoms with van der Waals surface area (Å²) in [6.45, 7) is 6.83. The van der Waals surface area contributed by atoms with Crippen LogP contribution in [0.2, 0.25) is 0 Å². The maximum Gasteiger partial charge on any atom is 0.225 e. The van der Waals surface area contributed by atoms with E-state index < -0.39 is 0 Å². The standard InChI is InChI=1S/C11H17ClO/c1-10(2)7-4-5-11(10,3)8(6-7)9(12)13/h7-8H,4-6H2,1-3H3. The third-order valence-corrected chi connectivity index (χ3v) is 5.33. The van der Waals surface area contributed by atoms with Crippen LogP contribution < -0.4 is 0 Å². The molecule has 3 atom stereocenters. The molecular formula is C11H17ClO. The summed E-state index contributed by atoms with van der Waals surface area (Å²) in [5, 5.41) is -0.113. The molecule has 0 aliphatic heterocycles. The van der Waals surface area contributed by atoms with Gasteiger partial charge >= 0.3 is 0 Å². The second-order valence-corrected chi connectivity index (χ2v) is 5.84. The van der Waals surface area contributed by atoms with Crippen molar-refractivity contribution < 1.29 is 4.79 Å². The van der Waals surface area contributed by atoms with E-state index in [0.29, 0.717) is 11.3 Å². The Morgan fingerprint density at radius 2 is 2.00 bits per heavy atom. The van der Waals surface area contributed by atoms with Gasteiger partial charge in [0.25, 0.3) is 0 Å². The minimum absolute atomic E-state index is 0.113. The first-order valence-electron chi connectivity index (χ1n) is 5.09. The molecule has 0 spiro atoms. The van der Waals surface area contributed by atoms with Crippen LogP contribution in [0.5, 0.6) is 0 Å². The summed E-state index contributed by atoms with van der Waals surface area (Å²) >= 11 is 5.66. The smallest absolute Gasteiger partial charge is 0.225 e. The van der Waals surface area contributed by atoms with Crippen LogP contribution in [0.4, 0.5) is 0 Å². The van der Waals surface area contributed by atoms with Crippen LogP contribution in [0.15, 0.2) is 0 Å². The van der Waals surface area contributed by atoms with E-state index in [4.69, 9.17) is 11.6 Å². The summed E-state index contributed by atoms with van der Waals surface area (Å²) in [5.41, 5.74) is 0.471. The maximum absolute atomic E-state index is 11.3. The van der Waals surface area contributed by atoms with Gasteiger partial charge in [-0.15, -0.1) is 0 Å². The summed E-state index contributed by atoms with van der Waals surface area (Å²) < 4.78 is 0. The number of carbonyl (C=O) groups is 1. The zero-order chi connectivity index (χ0) is 9.85. The van der Waals surface area contributed by atoms with Crippen molar-refractivity contribution in [3.05, 3.63) is 0 Å². The second kappa shape index (κ2) is 2.50. The molecule has 3 unspecified atom stereocenters. The minimum atomic E-state index is -0.113. The van der Waals surface area contributed by atoms with Gasteiger partial charge in [-0.2, -0.15) is 0 Å². The molecule has 2 fully saturated rings. The van der Waals surface area contributed by atoms with Crippen molar-refractivity contribution in [1.82, 2.24) is 0 Å². The fourth-order valence-electron chi connectivity index (χ4n) is 3.55. The van der Waals surface area contributed by atoms with E-state index in [-0.39, 0.29) is 16.6 Å². The van der Waals surface area contributed by atoms with Crippen LogP contribution in [0.3, 0.4) is 0 Å². The van der Waals surface area contributed by atoms with Crippen LogP contribution in [0.1, 0.15) is 40.0 Å². The third-order valence-electron chi connectivity index (χ3n) is 5.07. The fourth-order valence-corrected chi connectivity index (χ4v) is 3.88. The molecule has 2 aliphatic rings. The SMILES string of the molecule is CC1(C)C2CCC1(C)C(C(=O)Cl)C2. The monoisotopic (exact) mass is 200 g/mol. The lowest BCUT2D eigenvalue weighted by Crippen LogP contribution is -2.34. The van der Waals surface area contributed by atoms with Crippen molar-refractivity contribution in [2.24, 2.45) is 22.7 Å². The van der Waals surface area contributed by atoms with Gasteiger partial charge in [-0.25, -0.2) is 0 Å². The van der Waals surface area contributed by atoms with Crippen molar-refractivity contribution in [3.8, 4) is 0 Å². The normalized spacial score (nSPS) is 46.8. The van der Waals surface area contributed by atoms with Gasteiger partial charge in [-0.3, -0.25) is 4.79 Å². The van der Waals surface area contributed by atoms with E-state index in [1.54, 1.807) is 0 Å². The molecule has 0 amide bonds. The van der Waals surface area contributed by atoms with E-state index in [0.717, 1.165) is 6.42 Å². The molecule has 0 radical (unpaired) electrons. The van der Waals surface area contributed by atoms with Crippen molar-refractivity contribution in [3.63, 3.8) is 0 Å². The van der Waals surface area contributed by atoms with Crippen LogP contribution in [-0.2, 0) is 4.79 Å². The van der Waals surface area contributed by atoms with Gasteiger partial charge < -0.3 is 0 Å². The first-order chi connectivity index (χ1) is 5.89. The summed E-state index contributed by atoms with van der Waals surface area (Å²) in [7, 11) is 0. The average molecular weight is 201 g/mol. The van der Waals surface area contributed by atoms with Gasteiger partial charge in [0, 0.05) is 5.92 Å². The molecule has 74 valence electrons. The number of fused-ring (bicyclic) bond motifs is 2. The molecule has 1 nitrogen and oxygen atoms in total. The van der Waals surface area contributed by atoms with Gasteiger partial charge in [0.2, 0.25) is 5.24 Å². The summed E-state index contributed by atoms with van der Waals surface area (Å²) in [5.74, 6) is 0.827. The molecule has 2 saturated carbocycles. The molecule has 13 heavy (non-hydrogen) atoms. The minimum Gasteiger partial charge on any atom is -0.281 e. The highest BCUT2D eigenvalue weighted by Crippen LogP contribution is 2.68. The third kappa shape index (κ3) is 0.971. The Bertz CT molecular complexity index is 259. The molecule has 0 aromatic carbocycles. The fraction of sp³-hybridized carbons (Fsp3) is 0.909. The maximum atomic E-state index is 11.3. The van der Waals surface area contributed by atoms with Gasteiger partial charge in [-0.1, -0.05) is 20.8 Å². The van der Waals surface area contributed by atoms with Crippen LogP contribution in [-0.4, -0.2) is 5.24 Å². The number of halogens is 1. The van der Waals surface area contributed by atoms with E-state index in [2.05, 4.69) is 20.8 Å². The highest BCUT2D eigenvalue weighted by molar-refractivity contribution is 6.64. The van der Waals surface area contributed by atoms with Gasteiger partial charge in [0.1, 0.15) is 0 Å². The first-order valence-corrected chi connectivity index (χ1v) is 5.47. The molecule has 0 aromatic rings. The van der Waals surface area contributed by atoms with Crippen molar-refractivity contribution in [1.29, 1.82) is 0 Å². The Morgan fingerprint density at radius 3 is 2.23 bits per heavy atom. The molecule has 2 rings (SSSR count). The van der Waals surface area contributed by atoms with Crippen molar-refractivity contribution >= 4 is 16.8 Å². The van der Waals surface area contributed by atoms with Crippen molar-refractivity contribution in [2.45, 2.75) is 40.0 Å². The summed E-state index contributed by atoms with van der Waals surface area (Å²) in [4.78, 5) is 11.3. The van der Waals surface area contributed by atoms with Gasteiger partial charge in [-0.05, 0) is 47.6 Å². The average Bonchev–Trinajstić information content (AvgIpc) is 2.34. The first kappa shape index (κ1) is 9.51. The highest BCUT2D eigenvalue weighted by atomic mass is 35.5. The van der Waals surface area contributed by atoms with E-state index in [1.807, 2.05) is 0 Å². The largest absolute Gasteiger partial charge is 0.281 e. The molecule has 0 N–H and O–H groups in total. The predicted octanol–water partition coefficient (Wildman–Crippen LogP) is 3.21. The Balaban J connectivity index is 2.38. The summed E-state index contributed by atoms with van der Waals surface area (Å²) in [6.07, 6.45) is 3.48. The Morgan fingerprint density at radius 1 is 1.38 bits per heavy atom. The topological polar surface area (TPSA) is 17.1 Å². The van der Waals surface area contributed by atoms with Crippen LogP contribution >= 0.6 is 11.6 Å². The lowest BCUT2D eigenvalue weighted by molar-refractivity contribution is -0.119. The number of hydrogen-bond donors (Lipinski definition) is 0. The molecule has 0 heterocycles. The molecule has 2 aliphatic carbocycles. The molecular weight excluding hydrogens is 184 g/mol. The molecule has 0 saturated heterocycles. The predicted molar refractivity (Wildman–Crippen MR) is 53.6 cm³/mol. The lowest BCUT2D eigenvalue weighted by atomic mass is 9.67. The number of rotatable bonds is 1. The van der Waals surface area contributed by atoms with E-state index >= 15 is 0 Å². The van der Waals surface area contributed by atoms with E-state index in [1.165, 1.54) is 12.8 Å². The Labute approximate surface area is 84.8 Å². The van der Waals surface area contributed by atoms with Crippen molar-refractivity contribution in [2.75, 3.05) is 0 Å². The van der Waals surface area contributed by atoms with Crippen LogP contribution in [0, 0.1) is 22.7 Å². The summed E-state index contributed by atoms with van der Waals surface area (Å²) in [6, 6.07) is 0.